The monoisotopic (exact) mass is 342 g/mol. The maximum atomic E-state index is 10.5. The van der Waals surface area contributed by atoms with Gasteiger partial charge in [0.1, 0.15) is 0 Å². The molecular formula is C18H30O6. The lowest BCUT2D eigenvalue weighted by Crippen LogP contribution is -2.43. The smallest absolute Gasteiger partial charge is 0.307 e. The van der Waals surface area contributed by atoms with Crippen LogP contribution in [0.1, 0.15) is 51.9 Å². The van der Waals surface area contributed by atoms with Gasteiger partial charge in [0.2, 0.25) is 0 Å². The number of carboxylic acids is 1. The quantitative estimate of drug-likeness (QED) is 0.357. The molecule has 0 amide bonds. The van der Waals surface area contributed by atoms with E-state index in [1.807, 2.05) is 0 Å². The Morgan fingerprint density at radius 2 is 2.04 bits per heavy atom. The minimum atomic E-state index is -1.04. The van der Waals surface area contributed by atoms with E-state index >= 15 is 0 Å². The Morgan fingerprint density at radius 1 is 1.29 bits per heavy atom. The van der Waals surface area contributed by atoms with Crippen LogP contribution in [0.4, 0.5) is 0 Å². The fraction of sp³-hybridized carbons (Fsp3) is 0.722. The van der Waals surface area contributed by atoms with Crippen molar-refractivity contribution in [3.63, 3.8) is 0 Å². The van der Waals surface area contributed by atoms with Crippen molar-refractivity contribution in [2.24, 2.45) is 5.92 Å². The molecule has 24 heavy (non-hydrogen) atoms. The Kier molecular flexibility index (Phi) is 9.86. The SMILES string of the molecule is CCCCCC(O)/C=C/C1OC(O)CC(O)C1C/C=C/CC(=O)O. The van der Waals surface area contributed by atoms with Crippen molar-refractivity contribution in [3.05, 3.63) is 24.3 Å². The van der Waals surface area contributed by atoms with E-state index in [2.05, 4.69) is 6.92 Å². The van der Waals surface area contributed by atoms with Gasteiger partial charge in [0, 0.05) is 12.3 Å². The average Bonchev–Trinajstić information content (AvgIpc) is 2.51. The molecule has 0 aromatic heterocycles. The highest BCUT2D eigenvalue weighted by Crippen LogP contribution is 2.29. The summed E-state index contributed by atoms with van der Waals surface area (Å²) in [6.07, 6.45) is 8.01. The van der Waals surface area contributed by atoms with Gasteiger partial charge in [-0.3, -0.25) is 4.79 Å². The molecule has 0 aliphatic carbocycles. The molecule has 0 radical (unpaired) electrons. The summed E-state index contributed by atoms with van der Waals surface area (Å²) < 4.78 is 5.47. The lowest BCUT2D eigenvalue weighted by Gasteiger charge is -2.36. The van der Waals surface area contributed by atoms with Gasteiger partial charge in [-0.25, -0.2) is 0 Å². The van der Waals surface area contributed by atoms with Gasteiger partial charge < -0.3 is 25.2 Å². The first kappa shape index (κ1) is 20.8. The van der Waals surface area contributed by atoms with Gasteiger partial charge >= 0.3 is 5.97 Å². The highest BCUT2D eigenvalue weighted by molar-refractivity contribution is 5.68. The molecule has 138 valence electrons. The molecule has 0 saturated carbocycles. The van der Waals surface area contributed by atoms with Crippen molar-refractivity contribution in [1.82, 2.24) is 0 Å². The predicted molar refractivity (Wildman–Crippen MR) is 90.3 cm³/mol. The maximum absolute atomic E-state index is 10.5. The second-order valence-electron chi connectivity index (χ2n) is 6.28. The summed E-state index contributed by atoms with van der Waals surface area (Å²) in [5, 5.41) is 38.4. The van der Waals surface area contributed by atoms with Crippen molar-refractivity contribution < 1.29 is 30.0 Å². The number of aliphatic hydroxyl groups is 3. The second-order valence-corrected chi connectivity index (χ2v) is 6.28. The maximum Gasteiger partial charge on any atom is 0.307 e. The van der Waals surface area contributed by atoms with Crippen LogP contribution in [0.15, 0.2) is 24.3 Å². The second kappa shape index (κ2) is 11.4. The third-order valence-electron chi connectivity index (χ3n) is 4.17. The lowest BCUT2D eigenvalue weighted by atomic mass is 9.87. The fourth-order valence-corrected chi connectivity index (χ4v) is 2.79. The molecule has 0 aromatic rings. The van der Waals surface area contributed by atoms with E-state index in [1.54, 1.807) is 24.3 Å². The number of hydrogen-bond acceptors (Lipinski definition) is 5. The molecule has 0 spiro atoms. The van der Waals surface area contributed by atoms with Crippen LogP contribution in [-0.2, 0) is 9.53 Å². The van der Waals surface area contributed by atoms with Gasteiger partial charge in [0.05, 0.1) is 24.7 Å². The minimum absolute atomic E-state index is 0.0665. The van der Waals surface area contributed by atoms with Gasteiger partial charge in [-0.05, 0) is 12.8 Å². The molecule has 5 unspecified atom stereocenters. The zero-order valence-corrected chi connectivity index (χ0v) is 14.3. The van der Waals surface area contributed by atoms with Crippen LogP contribution in [-0.4, -0.2) is 51.0 Å². The number of rotatable bonds is 10. The van der Waals surface area contributed by atoms with Crippen LogP contribution in [0.25, 0.3) is 0 Å². The molecule has 1 aliphatic heterocycles. The molecule has 1 heterocycles. The Morgan fingerprint density at radius 3 is 2.71 bits per heavy atom. The van der Waals surface area contributed by atoms with E-state index < -0.39 is 30.6 Å². The molecule has 1 rings (SSSR count). The number of hydrogen-bond donors (Lipinski definition) is 4. The molecular weight excluding hydrogens is 312 g/mol. The number of aliphatic hydroxyl groups excluding tert-OH is 3. The van der Waals surface area contributed by atoms with Crippen molar-refractivity contribution in [3.8, 4) is 0 Å². The summed E-state index contributed by atoms with van der Waals surface area (Å²) in [4.78, 5) is 10.5. The molecule has 1 saturated heterocycles. The Bertz CT molecular complexity index is 420. The van der Waals surface area contributed by atoms with E-state index in [0.29, 0.717) is 12.8 Å². The zero-order chi connectivity index (χ0) is 17.9. The van der Waals surface area contributed by atoms with Crippen molar-refractivity contribution in [2.75, 3.05) is 0 Å². The van der Waals surface area contributed by atoms with Crippen LogP contribution in [0.5, 0.6) is 0 Å². The topological polar surface area (TPSA) is 107 Å². The number of aliphatic carboxylic acids is 1. The molecule has 1 aliphatic rings. The van der Waals surface area contributed by atoms with Crippen LogP contribution in [0.3, 0.4) is 0 Å². The summed E-state index contributed by atoms with van der Waals surface area (Å²) in [6.45, 7) is 2.10. The van der Waals surface area contributed by atoms with Gasteiger partial charge in [-0.2, -0.15) is 0 Å². The van der Waals surface area contributed by atoms with Gasteiger partial charge in [-0.1, -0.05) is 50.5 Å². The normalized spacial score (nSPS) is 29.3. The highest BCUT2D eigenvalue weighted by atomic mass is 16.6. The standard InChI is InChI=1S/C18H30O6/c1-2-3-4-7-13(19)10-11-16-14(8-5-6-9-17(21)22)15(20)12-18(23)24-16/h5-6,10-11,13-16,18-20,23H,2-4,7-9,12H2,1H3,(H,21,22)/b6-5+,11-10+. The van der Waals surface area contributed by atoms with Gasteiger partial charge in [0.25, 0.3) is 0 Å². The summed E-state index contributed by atoms with van der Waals surface area (Å²) in [5.74, 6) is -1.19. The summed E-state index contributed by atoms with van der Waals surface area (Å²) in [5.41, 5.74) is 0. The molecule has 0 bridgehead atoms. The highest BCUT2D eigenvalue weighted by Gasteiger charge is 2.35. The zero-order valence-electron chi connectivity index (χ0n) is 14.3. The molecule has 5 atom stereocenters. The fourth-order valence-electron chi connectivity index (χ4n) is 2.79. The number of carboxylic acid groups (broad SMARTS) is 1. The van der Waals surface area contributed by atoms with Crippen molar-refractivity contribution >= 4 is 5.97 Å². The van der Waals surface area contributed by atoms with Crippen LogP contribution in [0.2, 0.25) is 0 Å². The predicted octanol–water partition coefficient (Wildman–Crippen LogP) is 1.99. The van der Waals surface area contributed by atoms with E-state index in [0.717, 1.165) is 19.3 Å². The Hall–Kier alpha value is -1.21. The van der Waals surface area contributed by atoms with E-state index in [-0.39, 0.29) is 18.8 Å². The first-order chi connectivity index (χ1) is 11.4. The first-order valence-corrected chi connectivity index (χ1v) is 8.68. The van der Waals surface area contributed by atoms with Gasteiger partial charge in [-0.15, -0.1) is 0 Å². The Balaban J connectivity index is 2.60. The summed E-state index contributed by atoms with van der Waals surface area (Å²) in [7, 11) is 0. The van der Waals surface area contributed by atoms with Gasteiger partial charge in [0.15, 0.2) is 6.29 Å². The molecule has 6 heteroatoms. The van der Waals surface area contributed by atoms with E-state index in [4.69, 9.17) is 9.84 Å². The van der Waals surface area contributed by atoms with Crippen LogP contribution in [0, 0.1) is 5.92 Å². The molecule has 6 nitrogen and oxygen atoms in total. The molecule has 4 N–H and O–H groups in total. The summed E-state index contributed by atoms with van der Waals surface area (Å²) in [6, 6.07) is 0. The Labute approximate surface area is 143 Å². The molecule has 1 fully saturated rings. The van der Waals surface area contributed by atoms with E-state index in [9.17, 15) is 20.1 Å². The average molecular weight is 342 g/mol. The lowest BCUT2D eigenvalue weighted by molar-refractivity contribution is -0.199. The minimum Gasteiger partial charge on any atom is -0.481 e. The van der Waals surface area contributed by atoms with E-state index in [1.165, 1.54) is 0 Å². The first-order valence-electron chi connectivity index (χ1n) is 8.68. The largest absolute Gasteiger partial charge is 0.481 e. The number of unbranched alkanes of at least 4 members (excludes halogenated alkanes) is 2. The third-order valence-corrected chi connectivity index (χ3v) is 4.17. The van der Waals surface area contributed by atoms with Crippen LogP contribution >= 0.6 is 0 Å². The molecule has 0 aromatic carbocycles. The number of allylic oxidation sites excluding steroid dienone is 1. The number of carbonyl (C=O) groups is 1. The van der Waals surface area contributed by atoms with Crippen LogP contribution < -0.4 is 0 Å². The van der Waals surface area contributed by atoms with Crippen molar-refractivity contribution in [1.29, 1.82) is 0 Å². The third kappa shape index (κ3) is 8.06. The number of ether oxygens (including phenoxy) is 1. The van der Waals surface area contributed by atoms with Crippen molar-refractivity contribution in [2.45, 2.75) is 76.5 Å². The summed E-state index contributed by atoms with van der Waals surface area (Å²) >= 11 is 0.